The molecule has 28 heavy (non-hydrogen) atoms. The summed E-state index contributed by atoms with van der Waals surface area (Å²) in [5.74, 6) is 0. The smallest absolute Gasteiger partial charge is 0.419 e. The summed E-state index contributed by atoms with van der Waals surface area (Å²) >= 11 is 0. The number of ether oxygens (including phenoxy) is 5. The highest BCUT2D eigenvalue weighted by Gasteiger charge is 2.30. The van der Waals surface area contributed by atoms with Crippen molar-refractivity contribution < 1.29 is 38.4 Å². The summed E-state index contributed by atoms with van der Waals surface area (Å²) in [5, 5.41) is 8.62. The van der Waals surface area contributed by atoms with Crippen molar-refractivity contribution in [1.82, 2.24) is 4.90 Å². The highest BCUT2D eigenvalue weighted by molar-refractivity contribution is 5.88. The zero-order chi connectivity index (χ0) is 21.6. The van der Waals surface area contributed by atoms with Gasteiger partial charge in [0, 0.05) is 13.2 Å². The molecule has 0 spiro atoms. The molecule has 166 valence electrons. The van der Waals surface area contributed by atoms with Gasteiger partial charge in [-0.25, -0.2) is 14.5 Å². The average molecular weight is 408 g/mol. The predicted octanol–water partition coefficient (Wildman–Crippen LogP) is 2.59. The summed E-state index contributed by atoms with van der Waals surface area (Å²) in [5.41, 5.74) is -1.46. The molecule has 2 amide bonds. The van der Waals surface area contributed by atoms with Crippen molar-refractivity contribution in [3.05, 3.63) is 0 Å². The highest BCUT2D eigenvalue weighted by atomic mass is 16.6. The molecule has 0 aliphatic carbocycles. The molecule has 0 heterocycles. The second-order valence-corrected chi connectivity index (χ2v) is 8.03. The Morgan fingerprint density at radius 3 is 1.50 bits per heavy atom. The van der Waals surface area contributed by atoms with Gasteiger partial charge < -0.3 is 28.8 Å². The lowest BCUT2D eigenvalue weighted by Gasteiger charge is -2.28. The maximum Gasteiger partial charge on any atom is 0.419 e. The van der Waals surface area contributed by atoms with Crippen LogP contribution in [0.3, 0.4) is 0 Å². The summed E-state index contributed by atoms with van der Waals surface area (Å²) in [6, 6.07) is 0. The van der Waals surface area contributed by atoms with E-state index in [1.807, 2.05) is 0 Å². The van der Waals surface area contributed by atoms with Crippen LogP contribution in [0.5, 0.6) is 0 Å². The van der Waals surface area contributed by atoms with E-state index in [0.717, 1.165) is 4.90 Å². The molecule has 0 aliphatic rings. The molecule has 0 saturated heterocycles. The van der Waals surface area contributed by atoms with Gasteiger partial charge in [-0.05, 0) is 48.0 Å². The maximum atomic E-state index is 12.3. The minimum atomic E-state index is -0.776. The Labute approximate surface area is 168 Å². The van der Waals surface area contributed by atoms with Gasteiger partial charge >= 0.3 is 12.2 Å². The van der Waals surface area contributed by atoms with Crippen LogP contribution in [0.4, 0.5) is 9.59 Å². The van der Waals surface area contributed by atoms with Crippen molar-refractivity contribution in [2.45, 2.75) is 59.2 Å². The molecule has 0 rings (SSSR count). The van der Waals surface area contributed by atoms with E-state index in [2.05, 4.69) is 0 Å². The number of rotatable bonds is 12. The van der Waals surface area contributed by atoms with Crippen LogP contribution in [-0.2, 0) is 23.7 Å². The molecule has 0 bridgehead atoms. The number of aliphatic hydroxyl groups excluding tert-OH is 1. The molecule has 0 aromatic heterocycles. The number of carbonyl (C=O) groups excluding carboxylic acids is 2. The Kier molecular flexibility index (Phi) is 13.0. The Balaban J connectivity index is 4.21. The van der Waals surface area contributed by atoms with Crippen LogP contribution in [0, 0.1) is 0 Å². The standard InChI is InChI=1S/C19H37NO8/c1-18(2,3)27-16(22)20(17(23)28-19(4,5)6)8-11-25-13-15-26-14-12-24-10-7-9-21/h21H,7-15H2,1-6H3. The number of aliphatic hydroxyl groups is 1. The average Bonchev–Trinajstić information content (AvgIpc) is 2.52. The van der Waals surface area contributed by atoms with Gasteiger partial charge in [-0.2, -0.15) is 0 Å². The Hall–Kier alpha value is -1.42. The number of imide groups is 1. The SMILES string of the molecule is CC(C)(C)OC(=O)N(CCOCCOCCOCCCO)C(=O)OC(C)(C)C. The van der Waals surface area contributed by atoms with Gasteiger partial charge in [0.15, 0.2) is 0 Å². The van der Waals surface area contributed by atoms with Crippen LogP contribution < -0.4 is 0 Å². The van der Waals surface area contributed by atoms with Crippen molar-refractivity contribution in [1.29, 1.82) is 0 Å². The van der Waals surface area contributed by atoms with Gasteiger partial charge in [0.2, 0.25) is 0 Å². The molecule has 0 unspecified atom stereocenters. The Morgan fingerprint density at radius 1 is 0.714 bits per heavy atom. The van der Waals surface area contributed by atoms with Crippen LogP contribution in [0.2, 0.25) is 0 Å². The van der Waals surface area contributed by atoms with E-state index in [9.17, 15) is 9.59 Å². The first-order valence-electron chi connectivity index (χ1n) is 9.54. The number of nitrogens with zero attached hydrogens (tertiary/aromatic N) is 1. The lowest BCUT2D eigenvalue weighted by atomic mass is 10.2. The summed E-state index contributed by atoms with van der Waals surface area (Å²) < 4.78 is 26.5. The molecular formula is C19H37NO8. The third-order valence-electron chi connectivity index (χ3n) is 2.88. The van der Waals surface area contributed by atoms with E-state index in [1.54, 1.807) is 41.5 Å². The molecule has 0 radical (unpaired) electrons. The van der Waals surface area contributed by atoms with Crippen LogP contribution in [-0.4, -0.2) is 86.2 Å². The predicted molar refractivity (Wildman–Crippen MR) is 103 cm³/mol. The Morgan fingerprint density at radius 2 is 1.11 bits per heavy atom. The summed E-state index contributed by atoms with van der Waals surface area (Å²) in [4.78, 5) is 25.5. The molecule has 1 N–H and O–H groups in total. The number of amides is 2. The van der Waals surface area contributed by atoms with Crippen LogP contribution in [0.25, 0.3) is 0 Å². The normalized spacial score (nSPS) is 12.0. The fourth-order valence-electron chi connectivity index (χ4n) is 1.76. The summed E-state index contributed by atoms with van der Waals surface area (Å²) in [6.07, 6.45) is -0.946. The maximum absolute atomic E-state index is 12.3. The molecule has 0 aromatic rings. The van der Waals surface area contributed by atoms with E-state index in [-0.39, 0.29) is 19.8 Å². The van der Waals surface area contributed by atoms with Crippen LogP contribution in [0.1, 0.15) is 48.0 Å². The first kappa shape index (κ1) is 26.6. The number of hydrogen-bond acceptors (Lipinski definition) is 8. The van der Waals surface area contributed by atoms with Crippen molar-refractivity contribution in [2.24, 2.45) is 0 Å². The topological polar surface area (TPSA) is 104 Å². The van der Waals surface area contributed by atoms with Gasteiger partial charge in [0.05, 0.1) is 39.6 Å². The molecule has 9 nitrogen and oxygen atoms in total. The fraction of sp³-hybridized carbons (Fsp3) is 0.895. The van der Waals surface area contributed by atoms with Gasteiger partial charge in [-0.3, -0.25) is 0 Å². The van der Waals surface area contributed by atoms with Crippen molar-refractivity contribution >= 4 is 12.2 Å². The van der Waals surface area contributed by atoms with Crippen LogP contribution in [0.15, 0.2) is 0 Å². The summed E-state index contributed by atoms with van der Waals surface area (Å²) in [6.45, 7) is 12.6. The lowest BCUT2D eigenvalue weighted by Crippen LogP contribution is -2.45. The van der Waals surface area contributed by atoms with E-state index in [4.69, 9.17) is 28.8 Å². The molecule has 0 fully saturated rings. The van der Waals surface area contributed by atoms with Gasteiger partial charge in [0.1, 0.15) is 11.2 Å². The minimum absolute atomic E-state index is 0.00803. The van der Waals surface area contributed by atoms with Crippen molar-refractivity contribution in [3.63, 3.8) is 0 Å². The Bertz CT molecular complexity index is 414. The molecule has 0 aliphatic heterocycles. The van der Waals surface area contributed by atoms with Gasteiger partial charge in [-0.1, -0.05) is 0 Å². The first-order chi connectivity index (χ1) is 13.0. The van der Waals surface area contributed by atoms with Crippen molar-refractivity contribution in [2.75, 3.05) is 52.8 Å². The van der Waals surface area contributed by atoms with Gasteiger partial charge in [-0.15, -0.1) is 0 Å². The minimum Gasteiger partial charge on any atom is -0.443 e. The third-order valence-corrected chi connectivity index (χ3v) is 2.88. The third kappa shape index (κ3) is 15.6. The first-order valence-corrected chi connectivity index (χ1v) is 9.54. The fourth-order valence-corrected chi connectivity index (χ4v) is 1.76. The molecule has 0 atom stereocenters. The quantitative estimate of drug-likeness (QED) is 0.492. The molecule has 9 heteroatoms. The number of carbonyl (C=O) groups is 2. The number of hydrogen-bond donors (Lipinski definition) is 1. The highest BCUT2D eigenvalue weighted by Crippen LogP contribution is 2.14. The second kappa shape index (κ2) is 13.7. The van der Waals surface area contributed by atoms with E-state index in [0.29, 0.717) is 39.5 Å². The van der Waals surface area contributed by atoms with E-state index in [1.165, 1.54) is 0 Å². The molecule has 0 saturated carbocycles. The van der Waals surface area contributed by atoms with Crippen molar-refractivity contribution in [3.8, 4) is 0 Å². The monoisotopic (exact) mass is 407 g/mol. The zero-order valence-electron chi connectivity index (χ0n) is 18.1. The lowest BCUT2D eigenvalue weighted by molar-refractivity contribution is -0.0114. The second-order valence-electron chi connectivity index (χ2n) is 8.03. The largest absolute Gasteiger partial charge is 0.443 e. The zero-order valence-corrected chi connectivity index (χ0v) is 18.1. The van der Waals surface area contributed by atoms with E-state index >= 15 is 0 Å². The van der Waals surface area contributed by atoms with E-state index < -0.39 is 23.4 Å². The molecular weight excluding hydrogens is 370 g/mol. The van der Waals surface area contributed by atoms with Gasteiger partial charge in [0.25, 0.3) is 0 Å². The van der Waals surface area contributed by atoms with Crippen LogP contribution >= 0.6 is 0 Å². The summed E-state index contributed by atoms with van der Waals surface area (Å²) in [7, 11) is 0. The molecule has 0 aromatic carbocycles.